The number of carbonyl (C=O) groups is 2. The smallest absolute Gasteiger partial charge is 0.317 e. The molecule has 0 aromatic carbocycles. The summed E-state index contributed by atoms with van der Waals surface area (Å²) in [6.07, 6.45) is 4.48. The largest absolute Gasteiger partial charge is 0.481 e. The molecule has 0 aromatic heterocycles. The molecule has 5 heteroatoms. The fourth-order valence-corrected chi connectivity index (χ4v) is 1.66. The Balaban J connectivity index is 2.11. The maximum Gasteiger partial charge on any atom is 0.317 e. The van der Waals surface area contributed by atoms with Gasteiger partial charge in [0.1, 0.15) is 0 Å². The average molecular weight is 240 g/mol. The van der Waals surface area contributed by atoms with E-state index >= 15 is 0 Å². The SMILES string of the molecule is CC1=CCN(C(=O)NCCCCC(=O)O)CC1. The molecule has 5 nitrogen and oxygen atoms in total. The minimum Gasteiger partial charge on any atom is -0.481 e. The molecule has 0 aliphatic carbocycles. The summed E-state index contributed by atoms with van der Waals surface area (Å²) < 4.78 is 0. The van der Waals surface area contributed by atoms with Crippen molar-refractivity contribution in [3.05, 3.63) is 11.6 Å². The van der Waals surface area contributed by atoms with Gasteiger partial charge in [0.05, 0.1) is 0 Å². The second-order valence-corrected chi connectivity index (χ2v) is 4.33. The van der Waals surface area contributed by atoms with Gasteiger partial charge in [0.2, 0.25) is 0 Å². The maximum absolute atomic E-state index is 11.7. The molecule has 1 aliphatic heterocycles. The number of urea groups is 1. The molecule has 1 rings (SSSR count). The van der Waals surface area contributed by atoms with Crippen LogP contribution in [0, 0.1) is 0 Å². The third kappa shape index (κ3) is 5.38. The van der Waals surface area contributed by atoms with Crippen molar-refractivity contribution in [2.45, 2.75) is 32.6 Å². The monoisotopic (exact) mass is 240 g/mol. The van der Waals surface area contributed by atoms with Crippen LogP contribution in [0.25, 0.3) is 0 Å². The van der Waals surface area contributed by atoms with Crippen molar-refractivity contribution in [2.75, 3.05) is 19.6 Å². The number of hydrogen-bond acceptors (Lipinski definition) is 2. The number of rotatable bonds is 5. The van der Waals surface area contributed by atoms with Crippen molar-refractivity contribution >= 4 is 12.0 Å². The van der Waals surface area contributed by atoms with Crippen molar-refractivity contribution in [1.82, 2.24) is 10.2 Å². The fourth-order valence-electron chi connectivity index (χ4n) is 1.66. The summed E-state index contributed by atoms with van der Waals surface area (Å²) >= 11 is 0. The third-order valence-electron chi connectivity index (χ3n) is 2.82. The highest BCUT2D eigenvalue weighted by Gasteiger charge is 2.14. The Morgan fingerprint density at radius 3 is 2.82 bits per heavy atom. The van der Waals surface area contributed by atoms with Crippen LogP contribution in [0.5, 0.6) is 0 Å². The molecule has 0 saturated carbocycles. The highest BCUT2D eigenvalue weighted by Crippen LogP contribution is 2.09. The van der Waals surface area contributed by atoms with Gasteiger partial charge in [0.15, 0.2) is 0 Å². The number of aliphatic carboxylic acids is 1. The van der Waals surface area contributed by atoms with Gasteiger partial charge in [-0.15, -0.1) is 0 Å². The molecular formula is C12H20N2O3. The molecule has 0 atom stereocenters. The minimum absolute atomic E-state index is 0.0518. The van der Waals surface area contributed by atoms with Crippen LogP contribution in [0.3, 0.4) is 0 Å². The Hall–Kier alpha value is -1.52. The van der Waals surface area contributed by atoms with Crippen LogP contribution in [0.4, 0.5) is 4.79 Å². The number of nitrogens with zero attached hydrogens (tertiary/aromatic N) is 1. The van der Waals surface area contributed by atoms with Crippen molar-refractivity contribution in [2.24, 2.45) is 0 Å². The molecule has 2 amide bonds. The first-order valence-electron chi connectivity index (χ1n) is 6.00. The number of unbranched alkanes of at least 4 members (excludes halogenated alkanes) is 1. The Bertz CT molecular complexity index is 313. The predicted molar refractivity (Wildman–Crippen MR) is 64.8 cm³/mol. The van der Waals surface area contributed by atoms with Crippen LogP contribution < -0.4 is 5.32 Å². The van der Waals surface area contributed by atoms with Gasteiger partial charge in [-0.2, -0.15) is 0 Å². The molecule has 0 unspecified atom stereocenters. The molecule has 1 heterocycles. The van der Waals surface area contributed by atoms with E-state index in [0.29, 0.717) is 25.9 Å². The average Bonchev–Trinajstić information content (AvgIpc) is 2.29. The van der Waals surface area contributed by atoms with Crippen LogP contribution >= 0.6 is 0 Å². The van der Waals surface area contributed by atoms with E-state index in [-0.39, 0.29) is 12.5 Å². The molecule has 0 bridgehead atoms. The quantitative estimate of drug-likeness (QED) is 0.566. The van der Waals surface area contributed by atoms with Crippen molar-refractivity contribution < 1.29 is 14.7 Å². The Labute approximate surface area is 101 Å². The molecular weight excluding hydrogens is 220 g/mol. The highest BCUT2D eigenvalue weighted by atomic mass is 16.4. The standard InChI is InChI=1S/C12H20N2O3/c1-10-5-8-14(9-6-10)12(17)13-7-3-2-4-11(15)16/h5H,2-4,6-9H2,1H3,(H,13,17)(H,15,16). The minimum atomic E-state index is -0.784. The predicted octanol–water partition coefficient (Wildman–Crippen LogP) is 1.60. The normalized spacial score (nSPS) is 15.4. The first kappa shape index (κ1) is 13.5. The summed E-state index contributed by atoms with van der Waals surface area (Å²) in [5.74, 6) is -0.784. The molecule has 0 spiro atoms. The first-order chi connectivity index (χ1) is 8.09. The molecule has 0 fully saturated rings. The lowest BCUT2D eigenvalue weighted by atomic mass is 10.1. The molecule has 96 valence electrons. The van der Waals surface area contributed by atoms with E-state index < -0.39 is 5.97 Å². The lowest BCUT2D eigenvalue weighted by molar-refractivity contribution is -0.137. The van der Waals surface area contributed by atoms with Gasteiger partial charge in [-0.1, -0.05) is 11.6 Å². The lowest BCUT2D eigenvalue weighted by Crippen LogP contribution is -2.42. The molecule has 0 radical (unpaired) electrons. The second kappa shape index (κ2) is 6.93. The highest BCUT2D eigenvalue weighted by molar-refractivity contribution is 5.74. The number of carbonyl (C=O) groups excluding carboxylic acids is 1. The van der Waals surface area contributed by atoms with Gasteiger partial charge < -0.3 is 15.3 Å². The zero-order chi connectivity index (χ0) is 12.7. The van der Waals surface area contributed by atoms with E-state index in [2.05, 4.69) is 18.3 Å². The van der Waals surface area contributed by atoms with Crippen molar-refractivity contribution in [3.8, 4) is 0 Å². The second-order valence-electron chi connectivity index (χ2n) is 4.33. The summed E-state index contributed by atoms with van der Waals surface area (Å²) in [6.45, 7) is 4.06. The van der Waals surface area contributed by atoms with Gasteiger partial charge >= 0.3 is 12.0 Å². The Morgan fingerprint density at radius 2 is 2.24 bits per heavy atom. The Kier molecular flexibility index (Phi) is 5.52. The number of carboxylic acid groups (broad SMARTS) is 1. The number of amides is 2. The summed E-state index contributed by atoms with van der Waals surface area (Å²) in [6, 6.07) is -0.0518. The summed E-state index contributed by atoms with van der Waals surface area (Å²) in [5.41, 5.74) is 1.33. The fraction of sp³-hybridized carbons (Fsp3) is 0.667. The zero-order valence-electron chi connectivity index (χ0n) is 10.2. The summed E-state index contributed by atoms with van der Waals surface area (Å²) in [7, 11) is 0. The number of nitrogens with one attached hydrogen (secondary N) is 1. The molecule has 0 saturated heterocycles. The van der Waals surface area contributed by atoms with Crippen LogP contribution in [0.2, 0.25) is 0 Å². The van der Waals surface area contributed by atoms with Crippen molar-refractivity contribution in [3.63, 3.8) is 0 Å². The maximum atomic E-state index is 11.7. The molecule has 0 aromatic rings. The number of carboxylic acids is 1. The van der Waals surface area contributed by atoms with Gasteiger partial charge in [-0.05, 0) is 26.2 Å². The van der Waals surface area contributed by atoms with Gasteiger partial charge in [0.25, 0.3) is 0 Å². The van der Waals surface area contributed by atoms with Crippen LogP contribution in [0.1, 0.15) is 32.6 Å². The molecule has 17 heavy (non-hydrogen) atoms. The van der Waals surface area contributed by atoms with E-state index in [0.717, 1.165) is 13.0 Å². The topological polar surface area (TPSA) is 69.6 Å². The van der Waals surface area contributed by atoms with E-state index in [4.69, 9.17) is 5.11 Å². The van der Waals surface area contributed by atoms with Gasteiger partial charge in [-0.25, -0.2) is 4.79 Å². The van der Waals surface area contributed by atoms with E-state index in [1.165, 1.54) is 5.57 Å². The van der Waals surface area contributed by atoms with E-state index in [9.17, 15) is 9.59 Å². The van der Waals surface area contributed by atoms with E-state index in [1.807, 2.05) is 0 Å². The van der Waals surface area contributed by atoms with Crippen LogP contribution in [-0.2, 0) is 4.79 Å². The number of hydrogen-bond donors (Lipinski definition) is 2. The summed E-state index contributed by atoms with van der Waals surface area (Å²) in [4.78, 5) is 23.7. The summed E-state index contributed by atoms with van der Waals surface area (Å²) in [5, 5.41) is 11.3. The van der Waals surface area contributed by atoms with Gasteiger partial charge in [-0.3, -0.25) is 4.79 Å². The zero-order valence-corrected chi connectivity index (χ0v) is 10.2. The lowest BCUT2D eigenvalue weighted by Gasteiger charge is -2.25. The van der Waals surface area contributed by atoms with Crippen molar-refractivity contribution in [1.29, 1.82) is 0 Å². The van der Waals surface area contributed by atoms with Crippen LogP contribution in [-0.4, -0.2) is 41.6 Å². The third-order valence-corrected chi connectivity index (χ3v) is 2.82. The van der Waals surface area contributed by atoms with E-state index in [1.54, 1.807) is 4.90 Å². The molecule has 1 aliphatic rings. The molecule has 2 N–H and O–H groups in total. The first-order valence-corrected chi connectivity index (χ1v) is 6.00. The Morgan fingerprint density at radius 1 is 1.47 bits per heavy atom. The van der Waals surface area contributed by atoms with Crippen LogP contribution in [0.15, 0.2) is 11.6 Å². The van der Waals surface area contributed by atoms with Gasteiger partial charge in [0, 0.05) is 26.1 Å².